The molecule has 0 N–H and O–H groups in total. The Kier molecular flexibility index (Phi) is 4.69. The summed E-state index contributed by atoms with van der Waals surface area (Å²) in [5.74, 6) is 1.19. The largest absolute Gasteiger partial charge is 0.462 e. The van der Waals surface area contributed by atoms with Crippen LogP contribution in [-0.2, 0) is 4.74 Å². The second kappa shape index (κ2) is 6.75. The molecule has 1 aromatic carbocycles. The van der Waals surface area contributed by atoms with E-state index >= 15 is 0 Å². The number of hydrogen-bond acceptors (Lipinski definition) is 6. The SMILES string of the molecule is CCOC(=O)c1sc2nc(C)nc(Oc3cccc(Cl)c3)c2c1C. The van der Waals surface area contributed by atoms with Gasteiger partial charge in [-0.3, -0.25) is 0 Å². The van der Waals surface area contributed by atoms with Gasteiger partial charge in [-0.25, -0.2) is 9.78 Å². The predicted octanol–water partition coefficient (Wildman–Crippen LogP) is 4.93. The summed E-state index contributed by atoms with van der Waals surface area (Å²) in [7, 11) is 0. The van der Waals surface area contributed by atoms with Gasteiger partial charge in [0, 0.05) is 5.02 Å². The van der Waals surface area contributed by atoms with Gasteiger partial charge in [0.1, 0.15) is 21.3 Å². The number of carbonyl (C=O) groups excluding carboxylic acids is 1. The van der Waals surface area contributed by atoms with Crippen LogP contribution in [0.15, 0.2) is 24.3 Å². The zero-order valence-electron chi connectivity index (χ0n) is 13.4. The Labute approximate surface area is 148 Å². The monoisotopic (exact) mass is 362 g/mol. The highest BCUT2D eigenvalue weighted by Crippen LogP contribution is 2.37. The maximum atomic E-state index is 12.1. The van der Waals surface area contributed by atoms with Crippen LogP contribution in [0, 0.1) is 13.8 Å². The maximum Gasteiger partial charge on any atom is 0.348 e. The van der Waals surface area contributed by atoms with Gasteiger partial charge in [-0.15, -0.1) is 11.3 Å². The Morgan fingerprint density at radius 3 is 2.79 bits per heavy atom. The first-order valence-corrected chi connectivity index (χ1v) is 8.57. The topological polar surface area (TPSA) is 61.3 Å². The van der Waals surface area contributed by atoms with E-state index in [1.54, 1.807) is 38.1 Å². The van der Waals surface area contributed by atoms with Gasteiger partial charge in [-0.2, -0.15) is 4.98 Å². The maximum absolute atomic E-state index is 12.1. The number of rotatable bonds is 4. The third-order valence-electron chi connectivity index (χ3n) is 3.34. The zero-order valence-corrected chi connectivity index (χ0v) is 15.0. The Bertz CT molecular complexity index is 924. The number of fused-ring (bicyclic) bond motifs is 1. The number of halogens is 1. The van der Waals surface area contributed by atoms with Crippen LogP contribution in [0.1, 0.15) is 28.0 Å². The van der Waals surface area contributed by atoms with E-state index in [4.69, 9.17) is 21.1 Å². The summed E-state index contributed by atoms with van der Waals surface area (Å²) in [4.78, 5) is 22.1. The number of carbonyl (C=O) groups is 1. The number of nitrogens with zero attached hydrogens (tertiary/aromatic N) is 2. The van der Waals surface area contributed by atoms with Crippen molar-refractivity contribution in [1.82, 2.24) is 9.97 Å². The summed E-state index contributed by atoms with van der Waals surface area (Å²) in [6.45, 7) is 5.72. The molecule has 0 aliphatic heterocycles. The number of hydrogen-bond donors (Lipinski definition) is 0. The molecular weight excluding hydrogens is 348 g/mol. The van der Waals surface area contributed by atoms with Crippen LogP contribution in [0.25, 0.3) is 10.2 Å². The molecule has 0 aliphatic rings. The van der Waals surface area contributed by atoms with Crippen LogP contribution in [-0.4, -0.2) is 22.5 Å². The smallest absolute Gasteiger partial charge is 0.348 e. The molecule has 3 aromatic rings. The molecule has 0 bridgehead atoms. The molecule has 7 heteroatoms. The minimum atomic E-state index is -0.357. The van der Waals surface area contributed by atoms with Crippen molar-refractivity contribution in [2.24, 2.45) is 0 Å². The lowest BCUT2D eigenvalue weighted by molar-refractivity contribution is 0.0531. The molecule has 2 heterocycles. The first-order chi connectivity index (χ1) is 11.5. The summed E-state index contributed by atoms with van der Waals surface area (Å²) in [5, 5.41) is 1.29. The van der Waals surface area contributed by atoms with Crippen LogP contribution < -0.4 is 4.74 Å². The zero-order chi connectivity index (χ0) is 17.3. The second-order valence-electron chi connectivity index (χ2n) is 5.09. The Hall–Kier alpha value is -2.18. The van der Waals surface area contributed by atoms with Crippen molar-refractivity contribution in [3.05, 3.63) is 45.6 Å². The molecule has 0 atom stereocenters. The van der Waals surface area contributed by atoms with E-state index in [1.165, 1.54) is 11.3 Å². The highest BCUT2D eigenvalue weighted by molar-refractivity contribution is 7.20. The van der Waals surface area contributed by atoms with E-state index in [9.17, 15) is 4.79 Å². The minimum Gasteiger partial charge on any atom is -0.462 e. The van der Waals surface area contributed by atoms with E-state index in [0.29, 0.717) is 44.2 Å². The number of aromatic nitrogens is 2. The van der Waals surface area contributed by atoms with Gasteiger partial charge in [0.2, 0.25) is 5.88 Å². The summed E-state index contributed by atoms with van der Waals surface area (Å²) in [5.41, 5.74) is 0.755. The molecule has 0 spiro atoms. The Morgan fingerprint density at radius 1 is 1.29 bits per heavy atom. The standard InChI is InChI=1S/C17H15ClN2O3S/c1-4-22-17(21)14-9(2)13-15(19-10(3)20-16(13)24-14)23-12-7-5-6-11(18)8-12/h5-8H,4H2,1-3H3. The van der Waals surface area contributed by atoms with Crippen molar-refractivity contribution in [1.29, 1.82) is 0 Å². The van der Waals surface area contributed by atoms with Crippen LogP contribution in [0.2, 0.25) is 5.02 Å². The molecule has 0 amide bonds. The normalized spacial score (nSPS) is 10.8. The minimum absolute atomic E-state index is 0.323. The molecule has 0 unspecified atom stereocenters. The van der Waals surface area contributed by atoms with E-state index in [-0.39, 0.29) is 5.97 Å². The quantitative estimate of drug-likeness (QED) is 0.616. The molecule has 3 rings (SSSR count). The number of aryl methyl sites for hydroxylation is 2. The molecule has 24 heavy (non-hydrogen) atoms. The van der Waals surface area contributed by atoms with Crippen LogP contribution in [0.3, 0.4) is 0 Å². The summed E-state index contributed by atoms with van der Waals surface area (Å²) >= 11 is 7.28. The molecule has 0 fully saturated rings. The Morgan fingerprint density at radius 2 is 2.08 bits per heavy atom. The van der Waals surface area contributed by atoms with Crippen LogP contribution in [0.4, 0.5) is 0 Å². The first-order valence-electron chi connectivity index (χ1n) is 7.38. The van der Waals surface area contributed by atoms with Gasteiger partial charge in [-0.1, -0.05) is 17.7 Å². The molecular formula is C17H15ClN2O3S. The van der Waals surface area contributed by atoms with Gasteiger partial charge in [-0.05, 0) is 44.5 Å². The van der Waals surface area contributed by atoms with Crippen LogP contribution in [0.5, 0.6) is 11.6 Å². The highest BCUT2D eigenvalue weighted by atomic mass is 35.5. The van der Waals surface area contributed by atoms with E-state index in [0.717, 1.165) is 5.56 Å². The van der Waals surface area contributed by atoms with Crippen molar-refractivity contribution >= 4 is 39.1 Å². The van der Waals surface area contributed by atoms with Gasteiger partial charge in [0.15, 0.2) is 0 Å². The number of thiophene rings is 1. The van der Waals surface area contributed by atoms with Gasteiger partial charge >= 0.3 is 5.97 Å². The lowest BCUT2D eigenvalue weighted by atomic mass is 10.2. The van der Waals surface area contributed by atoms with Crippen molar-refractivity contribution in [3.63, 3.8) is 0 Å². The lowest BCUT2D eigenvalue weighted by Gasteiger charge is -2.08. The summed E-state index contributed by atoms with van der Waals surface area (Å²) in [6.07, 6.45) is 0. The second-order valence-corrected chi connectivity index (χ2v) is 6.53. The molecule has 0 radical (unpaired) electrons. The average Bonchev–Trinajstić information content (AvgIpc) is 2.84. The number of esters is 1. The molecule has 0 saturated heterocycles. The van der Waals surface area contributed by atoms with Crippen molar-refractivity contribution in [2.75, 3.05) is 6.61 Å². The van der Waals surface area contributed by atoms with Crippen molar-refractivity contribution in [2.45, 2.75) is 20.8 Å². The Balaban J connectivity index is 2.11. The van der Waals surface area contributed by atoms with Crippen molar-refractivity contribution in [3.8, 4) is 11.6 Å². The fourth-order valence-corrected chi connectivity index (χ4v) is 3.60. The molecule has 2 aromatic heterocycles. The van der Waals surface area contributed by atoms with Crippen molar-refractivity contribution < 1.29 is 14.3 Å². The fraction of sp³-hybridized carbons (Fsp3) is 0.235. The molecule has 124 valence electrons. The predicted molar refractivity (Wildman–Crippen MR) is 94.4 cm³/mol. The lowest BCUT2D eigenvalue weighted by Crippen LogP contribution is -2.03. The highest BCUT2D eigenvalue weighted by Gasteiger charge is 2.22. The van der Waals surface area contributed by atoms with E-state index in [2.05, 4.69) is 9.97 Å². The van der Waals surface area contributed by atoms with Gasteiger partial charge in [0.25, 0.3) is 0 Å². The number of ether oxygens (including phenoxy) is 2. The van der Waals surface area contributed by atoms with Crippen LogP contribution >= 0.6 is 22.9 Å². The molecule has 5 nitrogen and oxygen atoms in total. The van der Waals surface area contributed by atoms with Gasteiger partial charge < -0.3 is 9.47 Å². The average molecular weight is 363 g/mol. The van der Waals surface area contributed by atoms with E-state index in [1.807, 2.05) is 6.92 Å². The number of benzene rings is 1. The summed E-state index contributed by atoms with van der Waals surface area (Å²) < 4.78 is 11.0. The first kappa shape index (κ1) is 16.7. The van der Waals surface area contributed by atoms with Gasteiger partial charge in [0.05, 0.1) is 12.0 Å². The third-order valence-corrected chi connectivity index (χ3v) is 4.74. The fourth-order valence-electron chi connectivity index (χ4n) is 2.31. The molecule has 0 saturated carbocycles. The third kappa shape index (κ3) is 3.20. The van der Waals surface area contributed by atoms with E-state index < -0.39 is 0 Å². The summed E-state index contributed by atoms with van der Waals surface area (Å²) in [6, 6.07) is 7.07. The molecule has 0 aliphatic carbocycles.